The van der Waals surface area contributed by atoms with E-state index in [-0.39, 0.29) is 17.9 Å². The molecule has 1 N–H and O–H groups in total. The highest BCUT2D eigenvalue weighted by Gasteiger charge is 2.45. The number of fused-ring (bicyclic) bond motifs is 1. The van der Waals surface area contributed by atoms with Crippen LogP contribution in [0.2, 0.25) is 0 Å². The predicted octanol–water partition coefficient (Wildman–Crippen LogP) is 5.25. The molecule has 0 spiro atoms. The molecular formula is C30H27NO8. The van der Waals surface area contributed by atoms with Crippen molar-refractivity contribution in [3.05, 3.63) is 94.9 Å². The van der Waals surface area contributed by atoms with Crippen molar-refractivity contribution in [3.63, 3.8) is 0 Å². The Morgan fingerprint density at radius 3 is 2.26 bits per heavy atom. The average Bonchev–Trinajstić information content (AvgIpc) is 3.52. The molecule has 9 heteroatoms. The highest BCUT2D eigenvalue weighted by molar-refractivity contribution is 6.16. The minimum atomic E-state index is -0.929. The number of ketones is 1. The summed E-state index contributed by atoms with van der Waals surface area (Å²) in [7, 11) is 6.09. The standard InChI is InChI=1S/C30H27NO8/c1-35-20-11-8-17(9-12-20)16-31-26(18-10-13-21(36-2)23(14-18)38-4)25(28(33)30(31)34)27(32)24-15-19-6-5-7-22(37-3)29(19)39-24/h5-15,26,33H,16H2,1-4H3. The first kappa shape index (κ1) is 25.7. The Balaban J connectivity index is 1.61. The molecule has 1 aliphatic heterocycles. The van der Waals surface area contributed by atoms with Gasteiger partial charge in [-0.25, -0.2) is 0 Å². The quantitative estimate of drug-likeness (QED) is 0.293. The number of hydrogen-bond donors (Lipinski definition) is 1. The van der Waals surface area contributed by atoms with Crippen molar-refractivity contribution in [2.75, 3.05) is 28.4 Å². The highest BCUT2D eigenvalue weighted by Crippen LogP contribution is 2.43. The summed E-state index contributed by atoms with van der Waals surface area (Å²) < 4.78 is 27.3. The molecule has 0 fully saturated rings. The first-order valence-corrected chi connectivity index (χ1v) is 12.1. The van der Waals surface area contributed by atoms with Crippen LogP contribution in [0.5, 0.6) is 23.0 Å². The molecule has 0 radical (unpaired) electrons. The molecule has 1 amide bonds. The van der Waals surface area contributed by atoms with Crippen molar-refractivity contribution in [2.45, 2.75) is 12.6 Å². The molecule has 1 aromatic heterocycles. The number of para-hydroxylation sites is 1. The first-order valence-electron chi connectivity index (χ1n) is 12.1. The van der Waals surface area contributed by atoms with Crippen LogP contribution in [0.25, 0.3) is 11.0 Å². The topological polar surface area (TPSA) is 108 Å². The Kier molecular flexibility index (Phi) is 6.89. The fourth-order valence-electron chi connectivity index (χ4n) is 4.79. The van der Waals surface area contributed by atoms with Crippen LogP contribution in [-0.4, -0.2) is 50.1 Å². The van der Waals surface area contributed by atoms with E-state index in [0.717, 1.165) is 5.56 Å². The summed E-state index contributed by atoms with van der Waals surface area (Å²) in [5, 5.41) is 11.7. The molecule has 1 atom stereocenters. The van der Waals surface area contributed by atoms with E-state index < -0.39 is 23.5 Å². The number of hydrogen-bond acceptors (Lipinski definition) is 8. The summed E-state index contributed by atoms with van der Waals surface area (Å²) >= 11 is 0. The molecule has 1 unspecified atom stereocenters. The number of methoxy groups -OCH3 is 4. The third-order valence-corrected chi connectivity index (χ3v) is 6.74. The highest BCUT2D eigenvalue weighted by atomic mass is 16.5. The molecule has 0 saturated heterocycles. The van der Waals surface area contributed by atoms with Crippen molar-refractivity contribution < 1.29 is 38.1 Å². The lowest BCUT2D eigenvalue weighted by Crippen LogP contribution is -2.30. The van der Waals surface area contributed by atoms with Gasteiger partial charge in [0.15, 0.2) is 34.4 Å². The van der Waals surface area contributed by atoms with E-state index in [4.69, 9.17) is 23.4 Å². The second-order valence-corrected chi connectivity index (χ2v) is 8.88. The maximum absolute atomic E-state index is 13.9. The molecule has 9 nitrogen and oxygen atoms in total. The molecule has 0 aliphatic carbocycles. The number of ether oxygens (including phenoxy) is 4. The van der Waals surface area contributed by atoms with E-state index >= 15 is 0 Å². The van der Waals surface area contributed by atoms with Crippen LogP contribution in [0.15, 0.2) is 82.5 Å². The second-order valence-electron chi connectivity index (χ2n) is 8.88. The summed E-state index contributed by atoms with van der Waals surface area (Å²) in [5.41, 5.74) is 1.63. The first-order chi connectivity index (χ1) is 18.9. The molecule has 0 saturated carbocycles. The van der Waals surface area contributed by atoms with Crippen LogP contribution in [0.1, 0.15) is 27.7 Å². The summed E-state index contributed by atoms with van der Waals surface area (Å²) in [6.07, 6.45) is 0. The van der Waals surface area contributed by atoms with Gasteiger partial charge in [0, 0.05) is 11.9 Å². The number of rotatable bonds is 9. The summed E-state index contributed by atoms with van der Waals surface area (Å²) in [4.78, 5) is 28.8. The van der Waals surface area contributed by atoms with E-state index in [1.807, 2.05) is 12.1 Å². The number of Topliss-reactive ketones (excluding diaryl/α,β-unsaturated/α-hetero) is 1. The normalized spacial score (nSPS) is 15.1. The maximum Gasteiger partial charge on any atom is 0.290 e. The van der Waals surface area contributed by atoms with Crippen LogP contribution >= 0.6 is 0 Å². The van der Waals surface area contributed by atoms with Gasteiger partial charge in [0.05, 0.1) is 40.1 Å². The van der Waals surface area contributed by atoms with Gasteiger partial charge in [-0.15, -0.1) is 0 Å². The molecule has 2 heterocycles. The minimum absolute atomic E-state index is 0.0272. The summed E-state index contributed by atoms with van der Waals surface area (Å²) in [5.74, 6) is 0.0706. The van der Waals surface area contributed by atoms with Crippen molar-refractivity contribution in [2.24, 2.45) is 0 Å². The van der Waals surface area contributed by atoms with Gasteiger partial charge < -0.3 is 33.4 Å². The molecule has 4 aromatic rings. The van der Waals surface area contributed by atoms with Gasteiger partial charge in [-0.2, -0.15) is 0 Å². The van der Waals surface area contributed by atoms with E-state index in [1.165, 1.54) is 26.2 Å². The predicted molar refractivity (Wildman–Crippen MR) is 143 cm³/mol. The van der Waals surface area contributed by atoms with Crippen LogP contribution in [0.3, 0.4) is 0 Å². The lowest BCUT2D eigenvalue weighted by atomic mass is 9.94. The second kappa shape index (κ2) is 10.4. The van der Waals surface area contributed by atoms with Crippen molar-refractivity contribution in [1.82, 2.24) is 4.90 Å². The van der Waals surface area contributed by atoms with Crippen molar-refractivity contribution in [3.8, 4) is 23.0 Å². The van der Waals surface area contributed by atoms with Gasteiger partial charge in [0.25, 0.3) is 5.91 Å². The Hall–Kier alpha value is -4.92. The number of carbonyl (C=O) groups is 2. The number of amides is 1. The molecule has 200 valence electrons. The zero-order valence-electron chi connectivity index (χ0n) is 21.9. The molecule has 39 heavy (non-hydrogen) atoms. The number of aliphatic hydroxyl groups excluding tert-OH is 1. The molecular weight excluding hydrogens is 502 g/mol. The molecule has 0 bridgehead atoms. The zero-order chi connectivity index (χ0) is 27.7. The fourth-order valence-corrected chi connectivity index (χ4v) is 4.79. The SMILES string of the molecule is COc1ccc(CN2C(=O)C(O)=C(C(=O)c3cc4cccc(OC)c4o3)C2c2ccc(OC)c(OC)c2)cc1. The van der Waals surface area contributed by atoms with E-state index in [9.17, 15) is 14.7 Å². The molecule has 5 rings (SSSR count). The lowest BCUT2D eigenvalue weighted by Gasteiger charge is -2.27. The van der Waals surface area contributed by atoms with Crippen LogP contribution in [-0.2, 0) is 11.3 Å². The number of aliphatic hydroxyl groups is 1. The number of nitrogens with zero attached hydrogens (tertiary/aromatic N) is 1. The minimum Gasteiger partial charge on any atom is -0.503 e. The van der Waals surface area contributed by atoms with E-state index in [1.54, 1.807) is 61.7 Å². The maximum atomic E-state index is 13.9. The largest absolute Gasteiger partial charge is 0.503 e. The smallest absolute Gasteiger partial charge is 0.290 e. The van der Waals surface area contributed by atoms with Crippen LogP contribution in [0.4, 0.5) is 0 Å². The number of carbonyl (C=O) groups excluding carboxylic acids is 2. The Morgan fingerprint density at radius 2 is 1.59 bits per heavy atom. The van der Waals surface area contributed by atoms with Crippen LogP contribution < -0.4 is 18.9 Å². The number of benzene rings is 3. The van der Waals surface area contributed by atoms with Crippen molar-refractivity contribution in [1.29, 1.82) is 0 Å². The van der Waals surface area contributed by atoms with Gasteiger partial charge in [0.2, 0.25) is 5.78 Å². The fraction of sp³-hybridized carbons (Fsp3) is 0.200. The monoisotopic (exact) mass is 529 g/mol. The number of furan rings is 1. The molecule has 3 aromatic carbocycles. The van der Waals surface area contributed by atoms with Gasteiger partial charge in [-0.05, 0) is 47.5 Å². The van der Waals surface area contributed by atoms with Crippen LogP contribution in [0, 0.1) is 0 Å². The molecule has 1 aliphatic rings. The van der Waals surface area contributed by atoms with Gasteiger partial charge in [-0.3, -0.25) is 9.59 Å². The Morgan fingerprint density at radius 1 is 0.872 bits per heavy atom. The summed E-state index contributed by atoms with van der Waals surface area (Å²) in [6, 6.07) is 18.2. The van der Waals surface area contributed by atoms with Gasteiger partial charge in [-0.1, -0.05) is 30.3 Å². The van der Waals surface area contributed by atoms with Gasteiger partial charge >= 0.3 is 0 Å². The third kappa shape index (κ3) is 4.52. The van der Waals surface area contributed by atoms with E-state index in [2.05, 4.69) is 0 Å². The van der Waals surface area contributed by atoms with E-state index in [0.29, 0.717) is 39.5 Å². The summed E-state index contributed by atoms with van der Waals surface area (Å²) in [6.45, 7) is 0.122. The average molecular weight is 530 g/mol. The van der Waals surface area contributed by atoms with Gasteiger partial charge in [0.1, 0.15) is 5.75 Å². The Labute approximate surface area is 224 Å². The zero-order valence-corrected chi connectivity index (χ0v) is 21.9. The third-order valence-electron chi connectivity index (χ3n) is 6.74. The lowest BCUT2D eigenvalue weighted by molar-refractivity contribution is -0.130. The van der Waals surface area contributed by atoms with Crippen molar-refractivity contribution >= 4 is 22.7 Å². The Bertz CT molecular complexity index is 1580.